The number of halogens is 10. The van der Waals surface area contributed by atoms with E-state index < -0.39 is 31.0 Å². The predicted octanol–water partition coefficient (Wildman–Crippen LogP) is 2.61. The number of aliphatic hydroxyl groups is 1. The zero-order valence-corrected chi connectivity index (χ0v) is 7.62. The Morgan fingerprint density at radius 2 is 1.06 bits per heavy atom. The standard InChI is InChI=1S/C5H2F10O3/c6-1(16)2(7,8)17-3(9,10)4(11,12)18-5(13,14)15/h1,16H. The van der Waals surface area contributed by atoms with Crippen molar-refractivity contribution in [1.29, 1.82) is 0 Å². The molecule has 3 nitrogen and oxygen atoms in total. The molecule has 1 atom stereocenters. The summed E-state index contributed by atoms with van der Waals surface area (Å²) in [7, 11) is 0. The highest BCUT2D eigenvalue weighted by molar-refractivity contribution is 4.71. The van der Waals surface area contributed by atoms with Crippen molar-refractivity contribution in [3.63, 3.8) is 0 Å². The molecule has 0 saturated carbocycles. The molecule has 0 aliphatic carbocycles. The number of ether oxygens (including phenoxy) is 2. The van der Waals surface area contributed by atoms with Crippen LogP contribution in [0.25, 0.3) is 0 Å². The van der Waals surface area contributed by atoms with E-state index in [0.29, 0.717) is 0 Å². The molecule has 0 heterocycles. The van der Waals surface area contributed by atoms with E-state index in [9.17, 15) is 43.9 Å². The second kappa shape index (κ2) is 4.70. The van der Waals surface area contributed by atoms with Crippen LogP contribution in [0, 0.1) is 0 Å². The zero-order valence-electron chi connectivity index (χ0n) is 7.62. The van der Waals surface area contributed by atoms with E-state index in [-0.39, 0.29) is 0 Å². The van der Waals surface area contributed by atoms with Gasteiger partial charge in [0, 0.05) is 0 Å². The molecule has 0 aliphatic heterocycles. The van der Waals surface area contributed by atoms with E-state index in [2.05, 4.69) is 0 Å². The summed E-state index contributed by atoms with van der Waals surface area (Å²) in [4.78, 5) is 0. The maximum atomic E-state index is 12.2. The Kier molecular flexibility index (Phi) is 4.48. The molecule has 0 aromatic heterocycles. The van der Waals surface area contributed by atoms with E-state index in [4.69, 9.17) is 5.11 Å². The first-order valence-electron chi connectivity index (χ1n) is 3.53. The lowest BCUT2D eigenvalue weighted by Crippen LogP contribution is -2.52. The molecule has 0 aromatic carbocycles. The molecular weight excluding hydrogens is 298 g/mol. The van der Waals surface area contributed by atoms with E-state index in [1.54, 1.807) is 4.74 Å². The monoisotopic (exact) mass is 300 g/mol. The van der Waals surface area contributed by atoms with Gasteiger partial charge in [-0.15, -0.1) is 13.2 Å². The third-order valence-electron chi connectivity index (χ3n) is 1.12. The molecule has 0 rings (SSSR count). The van der Waals surface area contributed by atoms with E-state index in [1.165, 1.54) is 0 Å². The summed E-state index contributed by atoms with van der Waals surface area (Å²) in [5.41, 5.74) is 0. The molecule has 110 valence electrons. The lowest BCUT2D eigenvalue weighted by molar-refractivity contribution is -0.536. The lowest BCUT2D eigenvalue weighted by Gasteiger charge is -2.29. The summed E-state index contributed by atoms with van der Waals surface area (Å²) in [6.45, 7) is 0. The molecule has 0 amide bonds. The third-order valence-corrected chi connectivity index (χ3v) is 1.12. The quantitative estimate of drug-likeness (QED) is 0.793. The van der Waals surface area contributed by atoms with Gasteiger partial charge in [0.25, 0.3) is 6.36 Å². The molecule has 13 heteroatoms. The summed E-state index contributed by atoms with van der Waals surface area (Å²) in [6.07, 6.45) is -29.8. The van der Waals surface area contributed by atoms with Gasteiger partial charge in [-0.05, 0) is 0 Å². The summed E-state index contributed by atoms with van der Waals surface area (Å²) in [5, 5.41) is 7.56. The predicted molar refractivity (Wildman–Crippen MR) is 30.2 cm³/mol. The van der Waals surface area contributed by atoms with Crippen LogP contribution in [0.3, 0.4) is 0 Å². The average Bonchev–Trinajstić information content (AvgIpc) is 1.95. The molecule has 0 bridgehead atoms. The van der Waals surface area contributed by atoms with Crippen LogP contribution >= 0.6 is 0 Å². The first-order chi connectivity index (χ1) is 7.61. The van der Waals surface area contributed by atoms with Crippen molar-refractivity contribution in [3.8, 4) is 0 Å². The fourth-order valence-corrected chi connectivity index (χ4v) is 0.484. The van der Waals surface area contributed by atoms with Crippen LogP contribution in [0.2, 0.25) is 0 Å². The Balaban J connectivity index is 5.02. The molecule has 0 aliphatic rings. The van der Waals surface area contributed by atoms with Gasteiger partial charge >= 0.3 is 24.7 Å². The van der Waals surface area contributed by atoms with E-state index >= 15 is 0 Å². The molecule has 0 spiro atoms. The van der Waals surface area contributed by atoms with Gasteiger partial charge in [-0.2, -0.15) is 26.3 Å². The smallest absolute Gasteiger partial charge is 0.357 e. The Labute approximate surface area is 90.9 Å². The minimum absolute atomic E-state index is 1.57. The number of alkyl halides is 10. The molecular formula is C5H2F10O3. The molecule has 0 fully saturated rings. The molecule has 0 aromatic rings. The second-order valence-corrected chi connectivity index (χ2v) is 2.58. The Morgan fingerprint density at radius 3 is 1.33 bits per heavy atom. The van der Waals surface area contributed by atoms with Gasteiger partial charge in [-0.3, -0.25) is 0 Å². The maximum absolute atomic E-state index is 12.2. The van der Waals surface area contributed by atoms with Crippen molar-refractivity contribution < 1.29 is 58.5 Å². The van der Waals surface area contributed by atoms with Crippen molar-refractivity contribution in [2.24, 2.45) is 0 Å². The number of rotatable bonds is 5. The van der Waals surface area contributed by atoms with Gasteiger partial charge in [0.1, 0.15) is 0 Å². The first kappa shape index (κ1) is 17.2. The highest BCUT2D eigenvalue weighted by Gasteiger charge is 2.68. The highest BCUT2D eigenvalue weighted by atomic mass is 19.4. The molecule has 0 saturated heterocycles. The van der Waals surface area contributed by atoms with E-state index in [1.807, 2.05) is 4.74 Å². The third kappa shape index (κ3) is 4.45. The van der Waals surface area contributed by atoms with Crippen LogP contribution in [0.1, 0.15) is 0 Å². The number of aliphatic hydroxyl groups excluding tert-OH is 1. The summed E-state index contributed by atoms with van der Waals surface area (Å²) in [5.74, 6) is 0. The molecule has 0 radical (unpaired) electrons. The summed E-state index contributed by atoms with van der Waals surface area (Å²) >= 11 is 0. The van der Waals surface area contributed by atoms with Crippen molar-refractivity contribution in [1.82, 2.24) is 0 Å². The van der Waals surface area contributed by atoms with Crippen molar-refractivity contribution in [2.45, 2.75) is 31.0 Å². The Bertz CT molecular complexity index is 284. The van der Waals surface area contributed by atoms with Gasteiger partial charge in [0.15, 0.2) is 0 Å². The van der Waals surface area contributed by atoms with Gasteiger partial charge in [-0.1, -0.05) is 0 Å². The van der Waals surface area contributed by atoms with Gasteiger partial charge in [0.05, 0.1) is 0 Å². The minimum atomic E-state index is -6.57. The van der Waals surface area contributed by atoms with Gasteiger partial charge in [0.2, 0.25) is 0 Å². The normalized spacial score (nSPS) is 16.8. The maximum Gasteiger partial charge on any atom is 0.527 e. The SMILES string of the molecule is OC(F)C(F)(F)OC(F)(F)C(F)(F)OC(F)(F)F. The first-order valence-corrected chi connectivity index (χ1v) is 3.53. The van der Waals surface area contributed by atoms with Crippen LogP contribution in [-0.2, 0) is 9.47 Å². The van der Waals surface area contributed by atoms with Crippen molar-refractivity contribution in [2.75, 3.05) is 0 Å². The average molecular weight is 300 g/mol. The fourth-order valence-electron chi connectivity index (χ4n) is 0.484. The van der Waals surface area contributed by atoms with Crippen LogP contribution in [0.4, 0.5) is 43.9 Å². The Hall–Kier alpha value is -0.820. The van der Waals surface area contributed by atoms with E-state index in [0.717, 1.165) is 0 Å². The molecule has 1 N–H and O–H groups in total. The zero-order chi connectivity index (χ0) is 15.0. The van der Waals surface area contributed by atoms with Crippen LogP contribution in [0.15, 0.2) is 0 Å². The lowest BCUT2D eigenvalue weighted by atomic mass is 10.5. The Morgan fingerprint density at radius 1 is 0.722 bits per heavy atom. The van der Waals surface area contributed by atoms with Crippen LogP contribution < -0.4 is 0 Å². The van der Waals surface area contributed by atoms with Crippen LogP contribution in [-0.4, -0.2) is 36.2 Å². The number of hydrogen-bond donors (Lipinski definition) is 1. The largest absolute Gasteiger partial charge is 0.527 e. The topological polar surface area (TPSA) is 38.7 Å². The summed E-state index contributed by atoms with van der Waals surface area (Å²) in [6, 6.07) is 0. The van der Waals surface area contributed by atoms with Crippen molar-refractivity contribution in [3.05, 3.63) is 0 Å². The molecule has 1 unspecified atom stereocenters. The van der Waals surface area contributed by atoms with Crippen molar-refractivity contribution >= 4 is 0 Å². The van der Waals surface area contributed by atoms with Crippen LogP contribution in [0.5, 0.6) is 0 Å². The molecule has 18 heavy (non-hydrogen) atoms. The van der Waals surface area contributed by atoms with Gasteiger partial charge in [-0.25, -0.2) is 13.9 Å². The minimum Gasteiger partial charge on any atom is -0.357 e. The van der Waals surface area contributed by atoms with Gasteiger partial charge < -0.3 is 5.11 Å². The fraction of sp³-hybridized carbons (Fsp3) is 1.00. The highest BCUT2D eigenvalue weighted by Crippen LogP contribution is 2.44. The number of hydrogen-bond acceptors (Lipinski definition) is 3. The summed E-state index contributed by atoms with van der Waals surface area (Å²) < 4.78 is 122. The second-order valence-electron chi connectivity index (χ2n) is 2.58.